The van der Waals surface area contributed by atoms with Gasteiger partial charge in [0.1, 0.15) is 19.0 Å². The van der Waals surface area contributed by atoms with Crippen molar-refractivity contribution >= 4 is 27.3 Å². The largest absolute Gasteiger partial charge is 0.486 e. The molecule has 32 heavy (non-hydrogen) atoms. The molecule has 164 valence electrons. The van der Waals surface area contributed by atoms with Crippen LogP contribution in [0.2, 0.25) is 5.02 Å². The van der Waals surface area contributed by atoms with E-state index in [-0.39, 0.29) is 28.2 Å². The van der Waals surface area contributed by atoms with Gasteiger partial charge in [0.05, 0.1) is 28.3 Å². The van der Waals surface area contributed by atoms with Crippen molar-refractivity contribution in [2.24, 2.45) is 0 Å². The minimum absolute atomic E-state index is 0.00167. The van der Waals surface area contributed by atoms with E-state index in [2.05, 4.69) is 10.3 Å². The Morgan fingerprint density at radius 3 is 2.59 bits per heavy atom. The van der Waals surface area contributed by atoms with Crippen LogP contribution in [0, 0.1) is 0 Å². The number of anilines is 1. The average Bonchev–Trinajstić information content (AvgIpc) is 3.48. The molecule has 4 aromatic rings. The summed E-state index contributed by atoms with van der Waals surface area (Å²) in [6.07, 6.45) is 1.53. The molecule has 0 spiro atoms. The fourth-order valence-corrected chi connectivity index (χ4v) is 4.74. The fraction of sp³-hybridized carbons (Fsp3) is 0.136. The van der Waals surface area contributed by atoms with Crippen LogP contribution in [0.15, 0.2) is 79.6 Å². The molecule has 1 aliphatic rings. The number of sulfone groups is 1. The Balaban J connectivity index is 1.58. The summed E-state index contributed by atoms with van der Waals surface area (Å²) in [6, 6.07) is 14.8. The molecule has 0 amide bonds. The smallest absolute Gasteiger partial charge is 0.234 e. The lowest BCUT2D eigenvalue weighted by Gasteiger charge is -2.18. The van der Waals surface area contributed by atoms with Gasteiger partial charge in [-0.3, -0.25) is 0 Å². The molecule has 0 unspecified atom stereocenters. The molecule has 0 aliphatic carbocycles. The highest BCUT2D eigenvalue weighted by molar-refractivity contribution is 7.91. The van der Waals surface area contributed by atoms with E-state index < -0.39 is 9.84 Å². The lowest BCUT2D eigenvalue weighted by molar-refractivity contribution is 0.171. The topological polar surface area (TPSA) is 104 Å². The molecule has 1 aliphatic heterocycles. The zero-order chi connectivity index (χ0) is 22.1. The van der Waals surface area contributed by atoms with Gasteiger partial charge >= 0.3 is 0 Å². The standard InChI is InChI=1S/C22H17ClN2O6S/c23-17-6-2-1-5-16(17)20-25-22(21(31-20)24-13-14-4-3-9-28-14)32(26,27)15-7-8-18-19(12-15)30-11-10-29-18/h1-9,12,24H,10-11,13H2. The number of nitrogens with one attached hydrogen (secondary N) is 1. The van der Waals surface area contributed by atoms with Crippen molar-refractivity contribution in [3.63, 3.8) is 0 Å². The van der Waals surface area contributed by atoms with E-state index in [4.69, 9.17) is 29.9 Å². The number of nitrogens with zero attached hydrogens (tertiary/aromatic N) is 1. The van der Waals surface area contributed by atoms with Gasteiger partial charge in [0.25, 0.3) is 0 Å². The zero-order valence-corrected chi connectivity index (χ0v) is 18.2. The lowest BCUT2D eigenvalue weighted by Crippen LogP contribution is -2.16. The van der Waals surface area contributed by atoms with Gasteiger partial charge < -0.3 is 23.6 Å². The number of benzene rings is 2. The number of ether oxygens (including phenoxy) is 2. The van der Waals surface area contributed by atoms with Crippen LogP contribution in [-0.4, -0.2) is 26.6 Å². The number of fused-ring (bicyclic) bond motifs is 1. The SMILES string of the molecule is O=S(=O)(c1ccc2c(c1)OCCO2)c1nc(-c2ccccc2Cl)oc1NCc1ccco1. The zero-order valence-electron chi connectivity index (χ0n) is 16.6. The lowest BCUT2D eigenvalue weighted by atomic mass is 10.2. The third-order valence-corrected chi connectivity index (χ3v) is 6.77. The maximum Gasteiger partial charge on any atom is 0.234 e. The van der Waals surface area contributed by atoms with Crippen molar-refractivity contribution in [1.29, 1.82) is 0 Å². The monoisotopic (exact) mass is 472 g/mol. The van der Waals surface area contributed by atoms with Crippen LogP contribution in [0.5, 0.6) is 11.5 Å². The van der Waals surface area contributed by atoms with Crippen molar-refractivity contribution in [3.8, 4) is 23.0 Å². The van der Waals surface area contributed by atoms with E-state index in [0.717, 1.165) is 0 Å². The number of rotatable bonds is 6. The highest BCUT2D eigenvalue weighted by Crippen LogP contribution is 2.38. The van der Waals surface area contributed by atoms with Gasteiger partial charge in [-0.1, -0.05) is 23.7 Å². The molecule has 0 bridgehead atoms. The average molecular weight is 473 g/mol. The van der Waals surface area contributed by atoms with Crippen LogP contribution >= 0.6 is 11.6 Å². The summed E-state index contributed by atoms with van der Waals surface area (Å²) in [5, 5.41) is 3.08. The second kappa shape index (κ2) is 8.25. The first-order valence-corrected chi connectivity index (χ1v) is 11.6. The van der Waals surface area contributed by atoms with Gasteiger partial charge in [0, 0.05) is 6.07 Å². The van der Waals surface area contributed by atoms with Gasteiger partial charge in [-0.05, 0) is 36.4 Å². The van der Waals surface area contributed by atoms with E-state index >= 15 is 0 Å². The Morgan fingerprint density at radius 1 is 1.00 bits per heavy atom. The van der Waals surface area contributed by atoms with E-state index in [1.54, 1.807) is 42.5 Å². The number of furan rings is 1. The summed E-state index contributed by atoms with van der Waals surface area (Å²) in [7, 11) is -4.07. The highest BCUT2D eigenvalue weighted by atomic mass is 35.5. The van der Waals surface area contributed by atoms with E-state index in [0.29, 0.717) is 41.1 Å². The molecule has 2 aromatic carbocycles. The fourth-order valence-electron chi connectivity index (χ4n) is 3.23. The van der Waals surface area contributed by atoms with Gasteiger partial charge in [-0.25, -0.2) is 8.42 Å². The number of hydrogen-bond donors (Lipinski definition) is 1. The predicted octanol–water partition coefficient (Wildman–Crippen LogP) is 4.80. The van der Waals surface area contributed by atoms with Crippen LogP contribution in [0.1, 0.15) is 5.76 Å². The van der Waals surface area contributed by atoms with E-state index in [9.17, 15) is 8.42 Å². The van der Waals surface area contributed by atoms with E-state index in [1.807, 2.05) is 0 Å². The summed E-state index contributed by atoms with van der Waals surface area (Å²) >= 11 is 6.27. The van der Waals surface area contributed by atoms with Crippen LogP contribution < -0.4 is 14.8 Å². The second-order valence-corrected chi connectivity index (χ2v) is 9.15. The minimum atomic E-state index is -4.07. The first-order chi connectivity index (χ1) is 15.5. The molecule has 2 aromatic heterocycles. The van der Waals surface area contributed by atoms with Crippen molar-refractivity contribution in [2.45, 2.75) is 16.5 Å². The molecule has 0 atom stereocenters. The molecular formula is C22H17ClN2O6S. The first kappa shape index (κ1) is 20.5. The Bertz CT molecular complexity index is 1370. The summed E-state index contributed by atoms with van der Waals surface area (Å²) < 4.78 is 49.2. The van der Waals surface area contributed by atoms with Crippen LogP contribution in [0.4, 0.5) is 5.88 Å². The quantitative estimate of drug-likeness (QED) is 0.426. The van der Waals surface area contributed by atoms with Gasteiger partial charge in [0.2, 0.25) is 26.6 Å². The highest BCUT2D eigenvalue weighted by Gasteiger charge is 2.30. The number of halogens is 1. The molecule has 0 saturated heterocycles. The molecule has 3 heterocycles. The van der Waals surface area contributed by atoms with Gasteiger partial charge in [-0.15, -0.1) is 0 Å². The molecule has 1 N–H and O–H groups in total. The molecule has 5 rings (SSSR count). The Morgan fingerprint density at radius 2 is 1.81 bits per heavy atom. The molecule has 10 heteroatoms. The number of oxazole rings is 1. The third kappa shape index (κ3) is 3.80. The Kier molecular flexibility index (Phi) is 5.28. The maximum atomic E-state index is 13.5. The normalized spacial score (nSPS) is 13.2. The van der Waals surface area contributed by atoms with Crippen molar-refractivity contribution in [2.75, 3.05) is 18.5 Å². The molecular weight excluding hydrogens is 456 g/mol. The van der Waals surface area contributed by atoms with Gasteiger partial charge in [0.15, 0.2) is 11.5 Å². The minimum Gasteiger partial charge on any atom is -0.486 e. The van der Waals surface area contributed by atoms with Crippen LogP contribution in [0.3, 0.4) is 0 Å². The molecule has 0 fully saturated rings. The molecule has 0 radical (unpaired) electrons. The predicted molar refractivity (Wildman–Crippen MR) is 116 cm³/mol. The van der Waals surface area contributed by atoms with E-state index in [1.165, 1.54) is 18.4 Å². The first-order valence-electron chi connectivity index (χ1n) is 9.69. The van der Waals surface area contributed by atoms with Crippen LogP contribution in [0.25, 0.3) is 11.5 Å². The molecule has 8 nitrogen and oxygen atoms in total. The summed E-state index contributed by atoms with van der Waals surface area (Å²) in [5.41, 5.74) is 0.471. The van der Waals surface area contributed by atoms with Crippen molar-refractivity contribution in [3.05, 3.63) is 71.6 Å². The Labute approximate surface area is 188 Å². The third-order valence-electron chi connectivity index (χ3n) is 4.78. The number of hydrogen-bond acceptors (Lipinski definition) is 8. The summed E-state index contributed by atoms with van der Waals surface area (Å²) in [5.74, 6) is 1.50. The van der Waals surface area contributed by atoms with Crippen molar-refractivity contribution in [1.82, 2.24) is 4.98 Å². The molecule has 0 saturated carbocycles. The second-order valence-electron chi connectivity index (χ2n) is 6.87. The van der Waals surface area contributed by atoms with Crippen LogP contribution in [-0.2, 0) is 16.4 Å². The summed E-state index contributed by atoms with van der Waals surface area (Å²) in [4.78, 5) is 4.30. The van der Waals surface area contributed by atoms with Crippen molar-refractivity contribution < 1.29 is 26.7 Å². The number of aromatic nitrogens is 1. The summed E-state index contributed by atoms with van der Waals surface area (Å²) in [6.45, 7) is 0.950. The maximum absolute atomic E-state index is 13.5. The Hall–Kier alpha value is -3.43. The van der Waals surface area contributed by atoms with Gasteiger partial charge in [-0.2, -0.15) is 4.98 Å².